The van der Waals surface area contributed by atoms with Crippen molar-refractivity contribution >= 4 is 29.3 Å². The van der Waals surface area contributed by atoms with Gasteiger partial charge in [-0.1, -0.05) is 42.5 Å². The van der Waals surface area contributed by atoms with E-state index in [-0.39, 0.29) is 17.0 Å². The second-order valence-corrected chi connectivity index (χ2v) is 8.25. The number of thioether (sulfide) groups is 1. The van der Waals surface area contributed by atoms with Crippen LogP contribution in [-0.4, -0.2) is 29.0 Å². The number of hydrogen-bond donors (Lipinski definition) is 1. The van der Waals surface area contributed by atoms with Gasteiger partial charge < -0.3 is 10.2 Å². The van der Waals surface area contributed by atoms with Crippen LogP contribution in [0.2, 0.25) is 0 Å². The molecule has 0 saturated carbocycles. The summed E-state index contributed by atoms with van der Waals surface area (Å²) in [4.78, 5) is 26.7. The molecule has 3 aromatic rings. The number of anilines is 1. The number of benzene rings is 3. The van der Waals surface area contributed by atoms with E-state index < -0.39 is 17.5 Å². The number of carbonyl (C=O) groups excluding carboxylic acids is 2. The van der Waals surface area contributed by atoms with Crippen molar-refractivity contribution in [1.29, 1.82) is 0 Å². The zero-order chi connectivity index (χ0) is 21.8. The maximum atomic E-state index is 13.8. The maximum absolute atomic E-state index is 13.8. The Labute approximate surface area is 183 Å². The molecule has 1 atom stereocenters. The summed E-state index contributed by atoms with van der Waals surface area (Å²) in [6.45, 7) is 0.618. The molecule has 1 N–H and O–H groups in total. The second-order valence-electron chi connectivity index (χ2n) is 7.19. The molecule has 0 unspecified atom stereocenters. The van der Waals surface area contributed by atoms with Crippen LogP contribution in [0.1, 0.15) is 26.9 Å². The van der Waals surface area contributed by atoms with E-state index in [4.69, 9.17) is 0 Å². The number of hydrogen-bond acceptors (Lipinski definition) is 3. The molecule has 0 bridgehead atoms. The predicted molar refractivity (Wildman–Crippen MR) is 118 cm³/mol. The summed E-state index contributed by atoms with van der Waals surface area (Å²) >= 11 is 1.56. The minimum absolute atomic E-state index is 0.0838. The van der Waals surface area contributed by atoms with E-state index >= 15 is 0 Å². The summed E-state index contributed by atoms with van der Waals surface area (Å²) in [6, 6.07) is 19.9. The van der Waals surface area contributed by atoms with Crippen LogP contribution >= 0.6 is 11.8 Å². The molecule has 2 amide bonds. The van der Waals surface area contributed by atoms with Crippen LogP contribution in [0.15, 0.2) is 72.8 Å². The highest BCUT2D eigenvalue weighted by Gasteiger charge is 2.32. The summed E-state index contributed by atoms with van der Waals surface area (Å²) in [7, 11) is 0. The number of nitrogens with one attached hydrogen (secondary N) is 1. The Hall–Kier alpha value is -3.19. The molecule has 0 spiro atoms. The fourth-order valence-corrected chi connectivity index (χ4v) is 4.67. The van der Waals surface area contributed by atoms with Gasteiger partial charge in [0.05, 0.1) is 11.4 Å². The van der Waals surface area contributed by atoms with E-state index in [9.17, 15) is 18.4 Å². The van der Waals surface area contributed by atoms with Crippen LogP contribution in [0, 0.1) is 11.6 Å². The first-order valence-electron chi connectivity index (χ1n) is 9.82. The molecular formula is C24H20F2N2O2S. The Morgan fingerprint density at radius 2 is 1.77 bits per heavy atom. The summed E-state index contributed by atoms with van der Waals surface area (Å²) in [6.07, 6.45) is 0.771. The smallest absolute Gasteiger partial charge is 0.255 e. The molecule has 1 fully saturated rings. The van der Waals surface area contributed by atoms with Gasteiger partial charge in [0.2, 0.25) is 5.91 Å². The van der Waals surface area contributed by atoms with E-state index in [0.29, 0.717) is 17.9 Å². The predicted octanol–water partition coefficient (Wildman–Crippen LogP) is 5.03. The Kier molecular flexibility index (Phi) is 6.32. The van der Waals surface area contributed by atoms with Crippen molar-refractivity contribution in [2.24, 2.45) is 0 Å². The Bertz CT molecular complexity index is 1090. The third kappa shape index (κ3) is 4.94. The summed E-state index contributed by atoms with van der Waals surface area (Å²) in [5, 5.41) is 2.34. The highest BCUT2D eigenvalue weighted by atomic mass is 32.2. The SMILES string of the molecule is O=C(Nc1ccc(F)cc1F)c1ccc([C@@H]2SCC(=O)N2CCc2ccccc2)cc1. The molecule has 4 rings (SSSR count). The van der Waals surface area contributed by atoms with Crippen molar-refractivity contribution in [3.05, 3.63) is 101 Å². The molecular weight excluding hydrogens is 418 g/mol. The van der Waals surface area contributed by atoms with Gasteiger partial charge in [-0.3, -0.25) is 9.59 Å². The van der Waals surface area contributed by atoms with E-state index in [1.54, 1.807) is 23.9 Å². The Morgan fingerprint density at radius 3 is 2.48 bits per heavy atom. The second kappa shape index (κ2) is 9.31. The lowest BCUT2D eigenvalue weighted by atomic mass is 10.1. The normalized spacial score (nSPS) is 15.9. The molecule has 0 radical (unpaired) electrons. The van der Waals surface area contributed by atoms with Crippen LogP contribution < -0.4 is 5.32 Å². The van der Waals surface area contributed by atoms with Gasteiger partial charge in [0, 0.05) is 18.2 Å². The van der Waals surface area contributed by atoms with Crippen LogP contribution in [0.4, 0.5) is 14.5 Å². The molecule has 4 nitrogen and oxygen atoms in total. The first-order valence-corrected chi connectivity index (χ1v) is 10.9. The highest BCUT2D eigenvalue weighted by molar-refractivity contribution is 8.00. The van der Waals surface area contributed by atoms with Gasteiger partial charge in [-0.2, -0.15) is 0 Å². The largest absolute Gasteiger partial charge is 0.326 e. The van der Waals surface area contributed by atoms with Crippen molar-refractivity contribution in [3.63, 3.8) is 0 Å². The van der Waals surface area contributed by atoms with Gasteiger partial charge in [0.25, 0.3) is 5.91 Å². The van der Waals surface area contributed by atoms with Crippen LogP contribution in [0.3, 0.4) is 0 Å². The van der Waals surface area contributed by atoms with Gasteiger partial charge >= 0.3 is 0 Å². The van der Waals surface area contributed by atoms with E-state index in [2.05, 4.69) is 5.32 Å². The average Bonchev–Trinajstić information content (AvgIpc) is 3.15. The average molecular weight is 438 g/mol. The van der Waals surface area contributed by atoms with Crippen molar-refractivity contribution in [3.8, 4) is 0 Å². The van der Waals surface area contributed by atoms with E-state index in [0.717, 1.165) is 24.1 Å². The third-order valence-electron chi connectivity index (χ3n) is 5.09. The van der Waals surface area contributed by atoms with Gasteiger partial charge in [-0.15, -0.1) is 11.8 Å². The summed E-state index contributed by atoms with van der Waals surface area (Å²) in [5.41, 5.74) is 2.36. The molecule has 1 aliphatic heterocycles. The minimum Gasteiger partial charge on any atom is -0.326 e. The lowest BCUT2D eigenvalue weighted by molar-refractivity contribution is -0.128. The summed E-state index contributed by atoms with van der Waals surface area (Å²) < 4.78 is 26.8. The summed E-state index contributed by atoms with van der Waals surface area (Å²) in [5.74, 6) is -1.52. The molecule has 158 valence electrons. The van der Waals surface area contributed by atoms with Crippen LogP contribution in [0.25, 0.3) is 0 Å². The lowest BCUT2D eigenvalue weighted by Gasteiger charge is -2.24. The topological polar surface area (TPSA) is 49.4 Å². The molecule has 3 aromatic carbocycles. The number of halogens is 2. The first-order chi connectivity index (χ1) is 15.0. The number of amides is 2. The number of nitrogens with zero attached hydrogens (tertiary/aromatic N) is 1. The zero-order valence-corrected chi connectivity index (χ0v) is 17.4. The number of carbonyl (C=O) groups is 2. The van der Waals surface area contributed by atoms with E-state index in [1.807, 2.05) is 47.4 Å². The maximum Gasteiger partial charge on any atom is 0.255 e. The van der Waals surface area contributed by atoms with Crippen molar-refractivity contribution in [2.75, 3.05) is 17.6 Å². The lowest BCUT2D eigenvalue weighted by Crippen LogP contribution is -2.30. The molecule has 7 heteroatoms. The molecule has 0 aromatic heterocycles. The fraction of sp³-hybridized carbons (Fsp3) is 0.167. The minimum atomic E-state index is -0.833. The van der Waals surface area contributed by atoms with Gasteiger partial charge in [-0.05, 0) is 41.8 Å². The van der Waals surface area contributed by atoms with Crippen LogP contribution in [-0.2, 0) is 11.2 Å². The highest BCUT2D eigenvalue weighted by Crippen LogP contribution is 2.38. The van der Waals surface area contributed by atoms with Crippen molar-refractivity contribution < 1.29 is 18.4 Å². The fourth-order valence-electron chi connectivity index (χ4n) is 3.45. The van der Waals surface area contributed by atoms with E-state index in [1.165, 1.54) is 11.6 Å². The molecule has 31 heavy (non-hydrogen) atoms. The quantitative estimate of drug-likeness (QED) is 0.587. The Morgan fingerprint density at radius 1 is 1.03 bits per heavy atom. The molecule has 0 aliphatic carbocycles. The van der Waals surface area contributed by atoms with Gasteiger partial charge in [0.1, 0.15) is 17.0 Å². The monoisotopic (exact) mass is 438 g/mol. The van der Waals surface area contributed by atoms with Crippen molar-refractivity contribution in [2.45, 2.75) is 11.8 Å². The standard InChI is InChI=1S/C24H20F2N2O2S/c25-19-10-11-21(20(26)14-19)27-23(30)17-6-8-18(9-7-17)24-28(22(29)15-31-24)13-12-16-4-2-1-3-5-16/h1-11,14,24H,12-13,15H2,(H,27,30)/t24-/m0/s1. The zero-order valence-electron chi connectivity index (χ0n) is 16.6. The molecule has 1 aliphatic rings. The first kappa shape index (κ1) is 21.1. The third-order valence-corrected chi connectivity index (χ3v) is 6.35. The molecule has 1 heterocycles. The Balaban J connectivity index is 1.43. The van der Waals surface area contributed by atoms with Crippen molar-refractivity contribution in [1.82, 2.24) is 4.90 Å². The molecule has 1 saturated heterocycles. The van der Waals surface area contributed by atoms with Gasteiger partial charge in [0.15, 0.2) is 0 Å². The number of rotatable bonds is 6. The van der Waals surface area contributed by atoms with Crippen LogP contribution in [0.5, 0.6) is 0 Å². The van der Waals surface area contributed by atoms with Gasteiger partial charge in [-0.25, -0.2) is 8.78 Å².